The summed E-state index contributed by atoms with van der Waals surface area (Å²) in [7, 11) is 0. The molecule has 0 fully saturated rings. The van der Waals surface area contributed by atoms with Crippen LogP contribution in [0.5, 0.6) is 0 Å². The maximum Gasteiger partial charge on any atom is 0.207 e. The molecule has 0 spiro atoms. The second-order valence-electron chi connectivity index (χ2n) is 3.44. The molecule has 2 aromatic rings. The Bertz CT molecular complexity index is 451. The van der Waals surface area contributed by atoms with Gasteiger partial charge in [0.25, 0.3) is 0 Å². The molecule has 1 aromatic heterocycles. The Balaban J connectivity index is 2.16. The molecule has 1 heterocycles. The number of hydrogen-bond acceptors (Lipinski definition) is 2. The highest BCUT2D eigenvalue weighted by Crippen LogP contribution is 2.18. The van der Waals surface area contributed by atoms with Gasteiger partial charge in [-0.2, -0.15) is 0 Å². The van der Waals surface area contributed by atoms with Crippen molar-refractivity contribution in [2.24, 2.45) is 0 Å². The highest BCUT2D eigenvalue weighted by atomic mass is 16.1. The maximum absolute atomic E-state index is 10.1. The molecule has 3 heteroatoms. The molecule has 0 radical (unpaired) electrons. The van der Waals surface area contributed by atoms with Crippen LogP contribution in [0.1, 0.15) is 5.56 Å². The Morgan fingerprint density at radius 1 is 1.12 bits per heavy atom. The molecule has 1 aromatic carbocycles. The minimum absolute atomic E-state index is 0.566. The zero-order chi connectivity index (χ0) is 11.2. The molecule has 0 aliphatic carbocycles. The third-order valence-electron chi connectivity index (χ3n) is 2.34. The summed E-state index contributed by atoms with van der Waals surface area (Å²) in [6.45, 7) is 0.566. The second-order valence-corrected chi connectivity index (χ2v) is 3.44. The van der Waals surface area contributed by atoms with E-state index < -0.39 is 0 Å². The summed E-state index contributed by atoms with van der Waals surface area (Å²) in [6.07, 6.45) is 4.29. The first kappa shape index (κ1) is 10.4. The summed E-state index contributed by atoms with van der Waals surface area (Å²) in [5.74, 6) is 0. The normalized spacial score (nSPS) is 9.75. The number of rotatable bonds is 4. The second kappa shape index (κ2) is 5.07. The van der Waals surface area contributed by atoms with E-state index in [0.29, 0.717) is 13.0 Å². The Hall–Kier alpha value is -2.16. The third kappa shape index (κ3) is 2.45. The van der Waals surface area contributed by atoms with Crippen molar-refractivity contribution >= 4 is 6.41 Å². The molecule has 0 atom stereocenters. The van der Waals surface area contributed by atoms with Gasteiger partial charge in [0.05, 0.1) is 0 Å². The average Bonchev–Trinajstić information content (AvgIpc) is 2.38. The van der Waals surface area contributed by atoms with E-state index >= 15 is 0 Å². The van der Waals surface area contributed by atoms with Gasteiger partial charge in [-0.15, -0.1) is 0 Å². The molecule has 0 unspecified atom stereocenters. The van der Waals surface area contributed by atoms with Crippen LogP contribution in [0.2, 0.25) is 0 Å². The fraction of sp³-hybridized carbons (Fsp3) is 0.0769. The van der Waals surface area contributed by atoms with Crippen molar-refractivity contribution in [1.29, 1.82) is 0 Å². The molecular weight excluding hydrogens is 200 g/mol. The number of hydrogen-bond donors (Lipinski definition) is 1. The van der Waals surface area contributed by atoms with E-state index in [9.17, 15) is 4.79 Å². The molecule has 0 bridgehead atoms. The fourth-order valence-electron chi connectivity index (χ4n) is 1.51. The third-order valence-corrected chi connectivity index (χ3v) is 2.34. The zero-order valence-corrected chi connectivity index (χ0v) is 8.76. The van der Waals surface area contributed by atoms with E-state index in [1.807, 2.05) is 42.6 Å². The van der Waals surface area contributed by atoms with Gasteiger partial charge in [-0.25, -0.2) is 0 Å². The first-order chi connectivity index (χ1) is 7.90. The van der Waals surface area contributed by atoms with Crippen molar-refractivity contribution in [1.82, 2.24) is 10.3 Å². The van der Waals surface area contributed by atoms with Crippen molar-refractivity contribution < 1.29 is 4.79 Å². The monoisotopic (exact) mass is 212 g/mol. The molecule has 0 saturated carbocycles. The van der Waals surface area contributed by atoms with Crippen LogP contribution in [0, 0.1) is 0 Å². The van der Waals surface area contributed by atoms with Crippen LogP contribution in [-0.4, -0.2) is 11.4 Å². The standard InChI is InChI=1S/C13H12N2O/c16-10-15-8-11-3-5-12(6-4-11)13-2-1-7-14-9-13/h1-7,9-10H,8H2,(H,15,16). The molecule has 0 aliphatic rings. The minimum atomic E-state index is 0.566. The first-order valence-corrected chi connectivity index (χ1v) is 5.06. The van der Waals surface area contributed by atoms with Gasteiger partial charge in [0.2, 0.25) is 6.41 Å². The first-order valence-electron chi connectivity index (χ1n) is 5.06. The summed E-state index contributed by atoms with van der Waals surface area (Å²) in [6, 6.07) is 12.0. The van der Waals surface area contributed by atoms with Gasteiger partial charge in [-0.3, -0.25) is 9.78 Å². The summed E-state index contributed by atoms with van der Waals surface area (Å²) in [5.41, 5.74) is 3.31. The predicted molar refractivity (Wildman–Crippen MR) is 62.6 cm³/mol. The Morgan fingerprint density at radius 3 is 2.56 bits per heavy atom. The zero-order valence-electron chi connectivity index (χ0n) is 8.76. The summed E-state index contributed by atoms with van der Waals surface area (Å²) in [5, 5.41) is 2.63. The number of nitrogens with one attached hydrogen (secondary N) is 1. The lowest BCUT2D eigenvalue weighted by Crippen LogP contribution is -2.09. The highest BCUT2D eigenvalue weighted by Gasteiger charge is 1.97. The van der Waals surface area contributed by atoms with E-state index in [4.69, 9.17) is 0 Å². The van der Waals surface area contributed by atoms with Crippen LogP contribution in [0.3, 0.4) is 0 Å². The lowest BCUT2D eigenvalue weighted by atomic mass is 10.1. The van der Waals surface area contributed by atoms with Crippen molar-refractivity contribution in [2.45, 2.75) is 6.54 Å². The highest BCUT2D eigenvalue weighted by molar-refractivity contribution is 5.62. The number of pyridine rings is 1. The van der Waals surface area contributed by atoms with E-state index in [0.717, 1.165) is 16.7 Å². The topological polar surface area (TPSA) is 42.0 Å². The van der Waals surface area contributed by atoms with Crippen LogP contribution in [0.25, 0.3) is 11.1 Å². The quantitative estimate of drug-likeness (QED) is 0.787. The van der Waals surface area contributed by atoms with Gasteiger partial charge < -0.3 is 5.32 Å². The van der Waals surface area contributed by atoms with Crippen LogP contribution >= 0.6 is 0 Å². The number of aromatic nitrogens is 1. The maximum atomic E-state index is 10.1. The lowest BCUT2D eigenvalue weighted by molar-refractivity contribution is -0.109. The van der Waals surface area contributed by atoms with E-state index in [2.05, 4.69) is 10.3 Å². The summed E-state index contributed by atoms with van der Waals surface area (Å²) >= 11 is 0. The Labute approximate surface area is 94.1 Å². The molecule has 0 aliphatic heterocycles. The molecule has 16 heavy (non-hydrogen) atoms. The molecule has 2 rings (SSSR count). The van der Waals surface area contributed by atoms with Crippen molar-refractivity contribution in [3.05, 3.63) is 54.4 Å². The fourth-order valence-corrected chi connectivity index (χ4v) is 1.51. The smallest absolute Gasteiger partial charge is 0.207 e. The van der Waals surface area contributed by atoms with Crippen LogP contribution in [-0.2, 0) is 11.3 Å². The number of nitrogens with zero attached hydrogens (tertiary/aromatic N) is 1. The minimum Gasteiger partial charge on any atom is -0.355 e. The van der Waals surface area contributed by atoms with Crippen LogP contribution < -0.4 is 5.32 Å². The molecular formula is C13H12N2O. The van der Waals surface area contributed by atoms with E-state index in [1.54, 1.807) is 6.20 Å². The number of carbonyl (C=O) groups excluding carboxylic acids is 1. The summed E-state index contributed by atoms with van der Waals surface area (Å²) in [4.78, 5) is 14.2. The predicted octanol–water partition coefficient (Wildman–Crippen LogP) is 1.99. The van der Waals surface area contributed by atoms with Gasteiger partial charge in [0, 0.05) is 18.9 Å². The van der Waals surface area contributed by atoms with Gasteiger partial charge in [0.15, 0.2) is 0 Å². The molecule has 80 valence electrons. The van der Waals surface area contributed by atoms with E-state index in [-0.39, 0.29) is 0 Å². The SMILES string of the molecule is O=CNCc1ccc(-c2cccnc2)cc1. The van der Waals surface area contributed by atoms with Crippen LogP contribution in [0.4, 0.5) is 0 Å². The lowest BCUT2D eigenvalue weighted by Gasteiger charge is -2.03. The Morgan fingerprint density at radius 2 is 1.94 bits per heavy atom. The van der Waals surface area contributed by atoms with E-state index in [1.165, 1.54) is 0 Å². The van der Waals surface area contributed by atoms with Crippen LogP contribution in [0.15, 0.2) is 48.8 Å². The largest absolute Gasteiger partial charge is 0.355 e. The summed E-state index contributed by atoms with van der Waals surface area (Å²) < 4.78 is 0. The van der Waals surface area contributed by atoms with Crippen molar-refractivity contribution in [3.8, 4) is 11.1 Å². The number of benzene rings is 1. The van der Waals surface area contributed by atoms with Crippen molar-refractivity contribution in [3.63, 3.8) is 0 Å². The van der Waals surface area contributed by atoms with Gasteiger partial charge in [-0.1, -0.05) is 30.3 Å². The van der Waals surface area contributed by atoms with Gasteiger partial charge in [0.1, 0.15) is 0 Å². The van der Waals surface area contributed by atoms with Gasteiger partial charge >= 0.3 is 0 Å². The number of carbonyl (C=O) groups is 1. The average molecular weight is 212 g/mol. The van der Waals surface area contributed by atoms with Crippen molar-refractivity contribution in [2.75, 3.05) is 0 Å². The number of amides is 1. The Kier molecular flexibility index (Phi) is 3.28. The molecule has 0 saturated heterocycles. The molecule has 3 nitrogen and oxygen atoms in total. The molecule has 1 N–H and O–H groups in total. The van der Waals surface area contributed by atoms with Gasteiger partial charge in [-0.05, 0) is 22.8 Å². The molecule has 1 amide bonds.